The van der Waals surface area contributed by atoms with Crippen LogP contribution in [0.15, 0.2) is 54.7 Å². The zero-order chi connectivity index (χ0) is 9.19. The van der Waals surface area contributed by atoms with Crippen LogP contribution in [0.2, 0.25) is 0 Å². The molecule has 0 saturated carbocycles. The van der Waals surface area contributed by atoms with Gasteiger partial charge < -0.3 is 0 Å². The zero-order valence-corrected chi connectivity index (χ0v) is 7.82. The van der Waals surface area contributed by atoms with Crippen molar-refractivity contribution >= 4 is 0 Å². The van der Waals surface area contributed by atoms with Gasteiger partial charge in [-0.1, -0.05) is 54.7 Å². The lowest BCUT2D eigenvalue weighted by Gasteiger charge is -1.84. The Balaban J connectivity index is 2.50. The van der Waals surface area contributed by atoms with Crippen LogP contribution in [-0.2, 0) is 0 Å². The van der Waals surface area contributed by atoms with Crippen molar-refractivity contribution in [3.8, 4) is 0 Å². The van der Waals surface area contributed by atoms with Crippen molar-refractivity contribution in [3.05, 3.63) is 60.8 Å². The molecule has 0 unspecified atom stereocenters. The molecule has 0 spiro atoms. The fourth-order valence-corrected chi connectivity index (χ4v) is 1.03. The molecule has 0 heteroatoms. The Morgan fingerprint density at radius 2 is 1.69 bits per heavy atom. The molecular formula is C13H15. The van der Waals surface area contributed by atoms with E-state index in [-0.39, 0.29) is 0 Å². The minimum Gasteiger partial charge on any atom is -0.0879 e. The zero-order valence-electron chi connectivity index (χ0n) is 7.82. The maximum Gasteiger partial charge on any atom is -0.0166 e. The van der Waals surface area contributed by atoms with E-state index in [2.05, 4.69) is 36.5 Å². The van der Waals surface area contributed by atoms with Crippen LogP contribution in [0.4, 0.5) is 0 Å². The highest BCUT2D eigenvalue weighted by atomic mass is 13.8. The van der Waals surface area contributed by atoms with E-state index in [9.17, 15) is 0 Å². The lowest BCUT2D eigenvalue weighted by molar-refractivity contribution is 1.04. The smallest absolute Gasteiger partial charge is 0.0166 e. The summed E-state index contributed by atoms with van der Waals surface area (Å²) in [6.07, 6.45) is 25.0. The highest BCUT2D eigenvalue weighted by Gasteiger charge is 1.76. The van der Waals surface area contributed by atoms with Crippen molar-refractivity contribution in [2.24, 2.45) is 0 Å². The van der Waals surface area contributed by atoms with Gasteiger partial charge in [-0.05, 0) is 25.3 Å². The molecule has 0 N–H and O–H groups in total. The van der Waals surface area contributed by atoms with Crippen LogP contribution in [0.5, 0.6) is 0 Å². The molecule has 1 radical (unpaired) electrons. The number of allylic oxidation sites excluding steroid dienone is 10. The van der Waals surface area contributed by atoms with Gasteiger partial charge in [-0.25, -0.2) is 0 Å². The summed E-state index contributed by atoms with van der Waals surface area (Å²) in [5, 5.41) is 0. The normalized spacial score (nSPS) is 30.2. The van der Waals surface area contributed by atoms with Gasteiger partial charge in [0.15, 0.2) is 0 Å². The third-order valence-electron chi connectivity index (χ3n) is 1.70. The van der Waals surface area contributed by atoms with Crippen LogP contribution in [-0.4, -0.2) is 0 Å². The predicted octanol–water partition coefficient (Wildman–Crippen LogP) is 3.75. The Morgan fingerprint density at radius 1 is 0.769 bits per heavy atom. The minimum atomic E-state index is 1.01. The van der Waals surface area contributed by atoms with Crippen LogP contribution in [0.3, 0.4) is 0 Å². The van der Waals surface area contributed by atoms with Gasteiger partial charge >= 0.3 is 0 Å². The van der Waals surface area contributed by atoms with Crippen LogP contribution < -0.4 is 0 Å². The first-order chi connectivity index (χ1) is 6.50. The van der Waals surface area contributed by atoms with Crippen LogP contribution >= 0.6 is 0 Å². The van der Waals surface area contributed by atoms with Gasteiger partial charge in [-0.3, -0.25) is 0 Å². The van der Waals surface area contributed by atoms with Crippen LogP contribution in [0.1, 0.15) is 19.3 Å². The average molecular weight is 171 g/mol. The Kier molecular flexibility index (Phi) is 5.54. The molecule has 0 heterocycles. The molecule has 0 amide bonds. The fraction of sp³-hybridized carbons (Fsp3) is 0.231. The van der Waals surface area contributed by atoms with E-state index in [4.69, 9.17) is 0 Å². The van der Waals surface area contributed by atoms with Crippen molar-refractivity contribution < 1.29 is 0 Å². The molecule has 0 nitrogen and oxygen atoms in total. The largest absolute Gasteiger partial charge is 0.0879 e. The molecule has 1 aliphatic carbocycles. The first-order valence-corrected chi connectivity index (χ1v) is 4.71. The molecule has 0 aromatic heterocycles. The Hall–Kier alpha value is -1.30. The summed E-state index contributed by atoms with van der Waals surface area (Å²) in [4.78, 5) is 0. The van der Waals surface area contributed by atoms with E-state index >= 15 is 0 Å². The highest BCUT2D eigenvalue weighted by Crippen LogP contribution is 1.96. The summed E-state index contributed by atoms with van der Waals surface area (Å²) >= 11 is 0. The third kappa shape index (κ3) is 5.92. The average Bonchev–Trinajstić information content (AvgIpc) is 2.18. The first-order valence-electron chi connectivity index (χ1n) is 4.71. The molecule has 0 atom stereocenters. The maximum atomic E-state index is 3.06. The monoisotopic (exact) mass is 171 g/mol. The second-order valence-electron chi connectivity index (χ2n) is 2.83. The molecule has 67 valence electrons. The third-order valence-corrected chi connectivity index (χ3v) is 1.70. The summed E-state index contributed by atoms with van der Waals surface area (Å²) < 4.78 is 0. The molecule has 1 aliphatic rings. The van der Waals surface area contributed by atoms with E-state index in [1.165, 1.54) is 0 Å². The Labute approximate surface area is 80.7 Å². The number of rotatable bonds is 0. The number of hydrogen-bond acceptors (Lipinski definition) is 0. The van der Waals surface area contributed by atoms with E-state index in [1.807, 2.05) is 24.3 Å². The van der Waals surface area contributed by atoms with Crippen LogP contribution in [0, 0.1) is 6.08 Å². The maximum absolute atomic E-state index is 3.06. The lowest BCUT2D eigenvalue weighted by atomic mass is 10.2. The first kappa shape index (κ1) is 9.79. The molecule has 1 rings (SSSR count). The van der Waals surface area contributed by atoms with Gasteiger partial charge in [-0.2, -0.15) is 0 Å². The van der Waals surface area contributed by atoms with E-state index in [0.29, 0.717) is 0 Å². The van der Waals surface area contributed by atoms with Crippen molar-refractivity contribution in [1.29, 1.82) is 0 Å². The van der Waals surface area contributed by atoms with Crippen molar-refractivity contribution in [2.45, 2.75) is 19.3 Å². The van der Waals surface area contributed by atoms with E-state index < -0.39 is 0 Å². The quantitative estimate of drug-likeness (QED) is 0.487. The van der Waals surface area contributed by atoms with Gasteiger partial charge in [0.25, 0.3) is 0 Å². The summed E-state index contributed by atoms with van der Waals surface area (Å²) in [6.45, 7) is 0. The van der Waals surface area contributed by atoms with Gasteiger partial charge in [0.2, 0.25) is 0 Å². The molecule has 13 heavy (non-hydrogen) atoms. The fourth-order valence-electron chi connectivity index (χ4n) is 1.03. The predicted molar refractivity (Wildman–Crippen MR) is 58.2 cm³/mol. The van der Waals surface area contributed by atoms with Crippen molar-refractivity contribution in [1.82, 2.24) is 0 Å². The SMILES string of the molecule is [C]1=C/C=C\C=C\CC/C=C\C/C=C/1. The summed E-state index contributed by atoms with van der Waals surface area (Å²) in [6, 6.07) is 0. The Morgan fingerprint density at radius 3 is 2.69 bits per heavy atom. The minimum absolute atomic E-state index is 1.01. The van der Waals surface area contributed by atoms with Gasteiger partial charge in [-0.15, -0.1) is 0 Å². The molecule has 0 fully saturated rings. The Bertz CT molecular complexity index is 249. The van der Waals surface area contributed by atoms with Gasteiger partial charge in [0.05, 0.1) is 0 Å². The lowest BCUT2D eigenvalue weighted by Crippen LogP contribution is -1.64. The van der Waals surface area contributed by atoms with E-state index in [1.54, 1.807) is 0 Å². The van der Waals surface area contributed by atoms with Crippen molar-refractivity contribution in [3.63, 3.8) is 0 Å². The van der Waals surface area contributed by atoms with Crippen molar-refractivity contribution in [2.75, 3.05) is 0 Å². The molecule has 0 aliphatic heterocycles. The summed E-state index contributed by atoms with van der Waals surface area (Å²) in [5.41, 5.74) is 0. The molecule has 0 saturated heterocycles. The van der Waals surface area contributed by atoms with Gasteiger partial charge in [0.1, 0.15) is 0 Å². The van der Waals surface area contributed by atoms with Gasteiger partial charge in [0, 0.05) is 0 Å². The molecule has 0 bridgehead atoms. The topological polar surface area (TPSA) is 0 Å². The number of hydrogen-bond donors (Lipinski definition) is 0. The highest BCUT2D eigenvalue weighted by molar-refractivity contribution is 5.13. The van der Waals surface area contributed by atoms with Crippen LogP contribution in [0.25, 0.3) is 0 Å². The second-order valence-corrected chi connectivity index (χ2v) is 2.83. The molecular weight excluding hydrogens is 156 g/mol. The van der Waals surface area contributed by atoms with E-state index in [0.717, 1.165) is 19.3 Å². The second kappa shape index (κ2) is 7.35. The summed E-state index contributed by atoms with van der Waals surface area (Å²) in [5.74, 6) is 0. The standard InChI is InChI=1S/C13H15/c1-2-4-6-8-10-12-13-11-9-7-5-3-1/h1-5,9-12H,6,8,13H2/b3-1-,4-2+,7-5?,11-9+,12-10-. The molecule has 0 aromatic carbocycles. The molecule has 0 aromatic rings. The summed E-state index contributed by atoms with van der Waals surface area (Å²) in [7, 11) is 0.